The predicted octanol–water partition coefficient (Wildman–Crippen LogP) is 4.57. The highest BCUT2D eigenvalue weighted by molar-refractivity contribution is 6.82. The molecule has 27 heavy (non-hydrogen) atoms. The Morgan fingerprint density at radius 1 is 0.704 bits per heavy atom. The minimum absolute atomic E-state index is 0.100. The molecule has 0 spiro atoms. The maximum atomic E-state index is 4.83. The molecule has 124 valence electrons. The van der Waals surface area contributed by atoms with E-state index in [9.17, 15) is 0 Å². The van der Waals surface area contributed by atoms with Crippen molar-refractivity contribution < 1.29 is 0 Å². The first-order valence-electron chi connectivity index (χ1n) is 9.29. The van der Waals surface area contributed by atoms with Crippen LogP contribution in [0.4, 0.5) is 11.5 Å². The lowest BCUT2D eigenvalue weighted by molar-refractivity contribution is 1.26. The second-order valence-corrected chi connectivity index (χ2v) is 7.27. The van der Waals surface area contributed by atoms with Crippen LogP contribution in [0, 0.1) is 0 Å². The van der Waals surface area contributed by atoms with Gasteiger partial charge in [-0.25, -0.2) is 4.98 Å². The van der Waals surface area contributed by atoms with Gasteiger partial charge in [0, 0.05) is 33.7 Å². The quantitative estimate of drug-likeness (QED) is 0.384. The highest BCUT2D eigenvalue weighted by Crippen LogP contribution is 2.47. The Labute approximate surface area is 156 Å². The van der Waals surface area contributed by atoms with Gasteiger partial charge in [-0.3, -0.25) is 0 Å². The molecule has 4 heteroatoms. The van der Waals surface area contributed by atoms with Gasteiger partial charge in [-0.05, 0) is 29.2 Å². The third-order valence-electron chi connectivity index (χ3n) is 6.01. The van der Waals surface area contributed by atoms with Crippen LogP contribution in [0.25, 0.3) is 32.9 Å². The fourth-order valence-electron chi connectivity index (χ4n) is 4.99. The highest BCUT2D eigenvalue weighted by atomic mass is 15.3. The van der Waals surface area contributed by atoms with Crippen LogP contribution in [0.5, 0.6) is 0 Å². The highest BCUT2D eigenvalue weighted by Gasteiger charge is 2.45. The number of anilines is 2. The van der Waals surface area contributed by atoms with Crippen LogP contribution in [0.15, 0.2) is 85.1 Å². The van der Waals surface area contributed by atoms with E-state index in [1.807, 2.05) is 6.20 Å². The lowest BCUT2D eigenvalue weighted by atomic mass is 9.60. The number of aromatic nitrogens is 2. The molecule has 7 rings (SSSR count). The summed E-state index contributed by atoms with van der Waals surface area (Å²) < 4.78 is 2.47. The van der Waals surface area contributed by atoms with Crippen LogP contribution in [-0.2, 0) is 0 Å². The van der Waals surface area contributed by atoms with Gasteiger partial charge in [0.15, 0.2) is 0 Å². The van der Waals surface area contributed by atoms with Crippen molar-refractivity contribution >= 4 is 45.8 Å². The molecule has 0 fully saturated rings. The van der Waals surface area contributed by atoms with Crippen molar-refractivity contribution in [1.29, 1.82) is 0 Å². The minimum Gasteiger partial charge on any atom is -0.358 e. The van der Waals surface area contributed by atoms with Gasteiger partial charge < -0.3 is 9.29 Å². The fraction of sp³-hybridized carbons (Fsp3) is 0. The average molecular weight is 343 g/mol. The monoisotopic (exact) mass is 343 g/mol. The van der Waals surface area contributed by atoms with Crippen molar-refractivity contribution in [2.45, 2.75) is 0 Å². The van der Waals surface area contributed by atoms with Crippen LogP contribution in [0.2, 0.25) is 0 Å². The van der Waals surface area contributed by atoms with Crippen molar-refractivity contribution in [1.82, 2.24) is 9.46 Å². The number of para-hydroxylation sites is 2. The van der Waals surface area contributed by atoms with E-state index < -0.39 is 0 Å². The van der Waals surface area contributed by atoms with Crippen LogP contribution < -0.4 is 10.3 Å². The molecule has 2 aliphatic heterocycles. The second-order valence-electron chi connectivity index (χ2n) is 7.27. The van der Waals surface area contributed by atoms with E-state index in [-0.39, 0.29) is 6.98 Å². The lowest BCUT2D eigenvalue weighted by Crippen LogP contribution is -2.51. The Hall–Kier alpha value is -3.53. The van der Waals surface area contributed by atoms with Crippen LogP contribution in [-0.4, -0.2) is 16.4 Å². The van der Waals surface area contributed by atoms with Crippen molar-refractivity contribution in [3.63, 3.8) is 0 Å². The van der Waals surface area contributed by atoms with Crippen molar-refractivity contribution in [2.75, 3.05) is 4.81 Å². The smallest absolute Gasteiger partial charge is 0.358 e. The summed E-state index contributed by atoms with van der Waals surface area (Å²) in [6.45, 7) is 0.100. The molecular weight excluding hydrogens is 329 g/mol. The summed E-state index contributed by atoms with van der Waals surface area (Å²) in [6, 6.07) is 28.3. The molecule has 0 atom stereocenters. The van der Waals surface area contributed by atoms with E-state index >= 15 is 0 Å². The van der Waals surface area contributed by atoms with Crippen molar-refractivity contribution in [2.24, 2.45) is 0 Å². The minimum atomic E-state index is 0.100. The Bertz CT molecular complexity index is 1400. The topological polar surface area (TPSA) is 21.1 Å². The molecule has 2 aliphatic rings. The summed E-state index contributed by atoms with van der Waals surface area (Å²) in [5.41, 5.74) is 7.65. The van der Waals surface area contributed by atoms with Gasteiger partial charge in [0.2, 0.25) is 0 Å². The fourth-order valence-corrected chi connectivity index (χ4v) is 4.99. The molecule has 2 aromatic heterocycles. The number of nitrogens with zero attached hydrogens (tertiary/aromatic N) is 3. The standard InChI is InChI=1S/C23H14BN3/c1-4-10-19-15(7-1)16-8-2-6-12-21(16)27-23-22-18(13-14-25-23)17-9-3-5-11-20(17)26(22)24(19)27/h1-14H. The van der Waals surface area contributed by atoms with Crippen molar-refractivity contribution in [3.05, 3.63) is 85.1 Å². The number of hydrogen-bond donors (Lipinski definition) is 0. The summed E-state index contributed by atoms with van der Waals surface area (Å²) in [5.74, 6) is 1.05. The third-order valence-corrected chi connectivity index (χ3v) is 6.01. The molecule has 0 amide bonds. The zero-order valence-electron chi connectivity index (χ0n) is 14.5. The summed E-state index contributed by atoms with van der Waals surface area (Å²) in [5, 5.41) is 2.58. The van der Waals surface area contributed by atoms with Gasteiger partial charge in [-0.2, -0.15) is 0 Å². The first kappa shape index (κ1) is 13.6. The van der Waals surface area contributed by atoms with Gasteiger partial charge in [-0.15, -0.1) is 0 Å². The van der Waals surface area contributed by atoms with Gasteiger partial charge in [-0.1, -0.05) is 60.7 Å². The number of rotatable bonds is 0. The molecule has 0 saturated carbocycles. The van der Waals surface area contributed by atoms with Crippen LogP contribution >= 0.6 is 0 Å². The number of pyridine rings is 1. The van der Waals surface area contributed by atoms with Crippen molar-refractivity contribution in [3.8, 4) is 11.1 Å². The largest absolute Gasteiger partial charge is 0.422 e. The molecule has 0 radical (unpaired) electrons. The normalized spacial score (nSPS) is 13.8. The Morgan fingerprint density at radius 3 is 2.44 bits per heavy atom. The molecule has 4 heterocycles. The van der Waals surface area contributed by atoms with E-state index in [4.69, 9.17) is 4.98 Å². The van der Waals surface area contributed by atoms with E-state index in [1.54, 1.807) is 0 Å². The molecular formula is C23H14BN3. The molecule has 0 aliphatic carbocycles. The zero-order valence-corrected chi connectivity index (χ0v) is 14.5. The maximum Gasteiger partial charge on any atom is 0.422 e. The Morgan fingerprint density at radius 2 is 1.48 bits per heavy atom. The van der Waals surface area contributed by atoms with E-state index in [0.29, 0.717) is 0 Å². The first-order chi connectivity index (χ1) is 13.4. The SMILES string of the molecule is c1ccc2c(c1)B1N(c3ccccc3-2)c2nccc3c4ccccc4n1c23. The molecule has 5 aromatic rings. The van der Waals surface area contributed by atoms with Crippen LogP contribution in [0.3, 0.4) is 0 Å². The third kappa shape index (κ3) is 1.49. The average Bonchev–Trinajstić information content (AvgIpc) is 3.26. The van der Waals surface area contributed by atoms with E-state index in [2.05, 4.69) is 88.2 Å². The Balaban J connectivity index is 1.71. The maximum absolute atomic E-state index is 4.83. The first-order valence-corrected chi connectivity index (χ1v) is 9.29. The van der Waals surface area contributed by atoms with Gasteiger partial charge in [0.25, 0.3) is 0 Å². The zero-order chi connectivity index (χ0) is 17.5. The summed E-state index contributed by atoms with van der Waals surface area (Å²) >= 11 is 0. The van der Waals surface area contributed by atoms with Gasteiger partial charge in [0.1, 0.15) is 5.82 Å². The van der Waals surface area contributed by atoms with Gasteiger partial charge >= 0.3 is 6.98 Å². The van der Waals surface area contributed by atoms with Crippen LogP contribution in [0.1, 0.15) is 0 Å². The predicted molar refractivity (Wildman–Crippen MR) is 112 cm³/mol. The number of fused-ring (bicyclic) bond motifs is 11. The molecule has 3 aromatic carbocycles. The summed E-state index contributed by atoms with van der Waals surface area (Å²) in [7, 11) is 0. The number of hydrogen-bond acceptors (Lipinski definition) is 2. The number of benzene rings is 3. The summed E-state index contributed by atoms with van der Waals surface area (Å²) in [6.07, 6.45) is 1.94. The summed E-state index contributed by atoms with van der Waals surface area (Å²) in [4.78, 5) is 7.24. The molecule has 0 bridgehead atoms. The van der Waals surface area contributed by atoms with Gasteiger partial charge in [0.05, 0.1) is 5.52 Å². The molecule has 3 nitrogen and oxygen atoms in total. The van der Waals surface area contributed by atoms with E-state index in [0.717, 1.165) is 5.82 Å². The molecule has 0 saturated heterocycles. The van der Waals surface area contributed by atoms with E-state index in [1.165, 1.54) is 44.1 Å². The molecule has 0 N–H and O–H groups in total. The lowest BCUT2D eigenvalue weighted by Gasteiger charge is -2.33. The Kier molecular flexibility index (Phi) is 2.32. The second kappa shape index (κ2) is 4.60. The molecule has 0 unspecified atom stereocenters.